The fourth-order valence-corrected chi connectivity index (χ4v) is 8.94. The van der Waals surface area contributed by atoms with Gasteiger partial charge in [-0.15, -0.1) is 0 Å². The molecule has 8 N–H and O–H groups in total. The number of sulfonamides is 1. The van der Waals surface area contributed by atoms with Gasteiger partial charge in [0.2, 0.25) is 29.2 Å². The van der Waals surface area contributed by atoms with Crippen LogP contribution in [-0.4, -0.2) is 78.1 Å². The van der Waals surface area contributed by atoms with Gasteiger partial charge in [-0.25, -0.2) is 17.9 Å². The van der Waals surface area contributed by atoms with Crippen LogP contribution in [0.4, 0.5) is 0 Å². The molecule has 1 fully saturated rings. The second-order valence-electron chi connectivity index (χ2n) is 12.1. The molecule has 2 aromatic carbocycles. The van der Waals surface area contributed by atoms with Crippen LogP contribution in [0.25, 0.3) is 0 Å². The number of carbonyl (C=O) groups is 3. The third-order valence-corrected chi connectivity index (χ3v) is 11.3. The van der Waals surface area contributed by atoms with Gasteiger partial charge in [0.25, 0.3) is 0 Å². The molecule has 2 aromatic rings. The van der Waals surface area contributed by atoms with Gasteiger partial charge in [0.05, 0.1) is 11.7 Å². The number of rotatable bonds is 18. The number of phenolic OH excluding ortho intramolecular Hbond substituents is 1. The van der Waals surface area contributed by atoms with Crippen LogP contribution in [0.1, 0.15) is 57.5 Å². The molecule has 47 heavy (non-hydrogen) atoms. The molecule has 256 valence electrons. The van der Waals surface area contributed by atoms with E-state index in [1.165, 1.54) is 12.1 Å². The number of benzene rings is 2. The summed E-state index contributed by atoms with van der Waals surface area (Å²) in [7, 11) is -8.22. The Morgan fingerprint density at radius 2 is 1.55 bits per heavy atom. The monoisotopic (exact) mass is 688 g/mol. The summed E-state index contributed by atoms with van der Waals surface area (Å²) in [5, 5.41) is 24.6. The molecule has 4 atom stereocenters. The van der Waals surface area contributed by atoms with Crippen molar-refractivity contribution in [3.63, 3.8) is 0 Å². The fourth-order valence-electron chi connectivity index (χ4n) is 5.82. The number of phenols is 1. The third-order valence-electron chi connectivity index (χ3n) is 8.24. The molecule has 1 saturated carbocycles. The van der Waals surface area contributed by atoms with E-state index >= 15 is 0 Å². The number of carboxylic acids is 1. The smallest absolute Gasteiger partial charge is 1.00 e. The van der Waals surface area contributed by atoms with Crippen LogP contribution >= 0.6 is 7.37 Å². The van der Waals surface area contributed by atoms with Gasteiger partial charge in [-0.2, -0.15) is 0 Å². The number of nitrogens with two attached hydrogens (primary N) is 1. The van der Waals surface area contributed by atoms with Crippen LogP contribution in [-0.2, 0) is 41.8 Å². The molecule has 0 radical (unpaired) electrons. The number of hydrogen-bond donors (Lipinski definition) is 7. The van der Waals surface area contributed by atoms with Crippen molar-refractivity contribution < 1.29 is 62.8 Å². The predicted octanol–water partition coefficient (Wildman–Crippen LogP) is -0.817. The fraction of sp³-hybridized carbons (Fsp3) is 0.516. The molecule has 0 saturated heterocycles. The molecule has 2 amide bonds. The number of unbranched alkanes of at least 4 members (excludes halogenated alkanes) is 1. The molecule has 1 aliphatic rings. The van der Waals surface area contributed by atoms with Gasteiger partial charge in [0.1, 0.15) is 23.6 Å². The van der Waals surface area contributed by atoms with Crippen molar-refractivity contribution in [3.8, 4) is 5.75 Å². The van der Waals surface area contributed by atoms with Crippen molar-refractivity contribution in [2.45, 2.75) is 75.7 Å². The average Bonchev–Trinajstić information content (AvgIpc) is 3.46. The summed E-state index contributed by atoms with van der Waals surface area (Å²) in [5.74, 6) is -4.07. The molecular weight excluding hydrogens is 642 g/mol. The first-order chi connectivity index (χ1) is 21.6. The number of nitrogens with one attached hydrogen (secondary N) is 3. The molecular formula is C31H46LiN4O9PS. The van der Waals surface area contributed by atoms with E-state index in [4.69, 9.17) is 5.73 Å². The van der Waals surface area contributed by atoms with E-state index in [1.54, 1.807) is 42.5 Å². The van der Waals surface area contributed by atoms with Crippen molar-refractivity contribution in [2.24, 2.45) is 11.1 Å². The van der Waals surface area contributed by atoms with E-state index in [0.29, 0.717) is 43.4 Å². The maximum atomic E-state index is 14.3. The topological polar surface area (TPSA) is 225 Å². The molecule has 13 nitrogen and oxygen atoms in total. The standard InChI is InChI=1S/C31H45N4O9PS.Li.H/c1-46(43,44)35-25(11-5-8-18-32)28(37)34-27(20-22-9-3-2-4-10-22)45(41,42)21-31(16-6-7-17-31)30(40)33-26(29(38)39)19-23-12-14-24(36)15-13-23;;/h2-4,9-10,12-15,25-27,35-36H,5-8,11,16-21,32H2,1H3,(H,33,40)(H,34,37)(H,38,39)(H,41,42);;/q;+1;-1/t25-,26-,27+;;/m0../s1. The van der Waals surface area contributed by atoms with Gasteiger partial charge in [0.15, 0.2) is 0 Å². The van der Waals surface area contributed by atoms with Crippen LogP contribution in [0, 0.1) is 5.41 Å². The Morgan fingerprint density at radius 1 is 0.957 bits per heavy atom. The van der Waals surface area contributed by atoms with Crippen molar-refractivity contribution in [1.29, 1.82) is 0 Å². The zero-order valence-corrected chi connectivity index (χ0v) is 28.6. The Labute approximate surface area is 289 Å². The van der Waals surface area contributed by atoms with Crippen LogP contribution < -0.4 is 39.9 Å². The Balaban J connectivity index is 0.00000576. The van der Waals surface area contributed by atoms with Gasteiger partial charge in [-0.05, 0) is 55.5 Å². The first-order valence-electron chi connectivity index (χ1n) is 15.3. The van der Waals surface area contributed by atoms with Crippen LogP contribution in [0.2, 0.25) is 0 Å². The van der Waals surface area contributed by atoms with Crippen LogP contribution in [0.15, 0.2) is 54.6 Å². The molecule has 0 spiro atoms. The van der Waals surface area contributed by atoms with Gasteiger partial charge < -0.3 is 32.9 Å². The number of aromatic hydroxyl groups is 1. The van der Waals surface area contributed by atoms with Crippen molar-refractivity contribution in [3.05, 3.63) is 65.7 Å². The Hall–Kier alpha value is -2.69. The van der Waals surface area contributed by atoms with E-state index in [1.807, 2.05) is 0 Å². The number of aliphatic carboxylic acids is 1. The normalized spacial score (nSPS) is 17.3. The van der Waals surface area contributed by atoms with E-state index in [2.05, 4.69) is 15.4 Å². The Kier molecular flexibility index (Phi) is 15.7. The molecule has 1 unspecified atom stereocenters. The summed E-state index contributed by atoms with van der Waals surface area (Å²) in [6.07, 6.45) is 3.05. The van der Waals surface area contributed by atoms with Crippen molar-refractivity contribution >= 4 is 35.2 Å². The summed E-state index contributed by atoms with van der Waals surface area (Å²) >= 11 is 0. The maximum Gasteiger partial charge on any atom is 1.00 e. The van der Waals surface area contributed by atoms with Gasteiger partial charge in [0, 0.05) is 19.0 Å². The van der Waals surface area contributed by atoms with Crippen molar-refractivity contribution in [2.75, 3.05) is 19.0 Å². The minimum absolute atomic E-state index is 0. The first kappa shape index (κ1) is 40.5. The number of carbonyl (C=O) groups excluding carboxylic acids is 2. The minimum atomic E-state index is -4.42. The second kappa shape index (κ2) is 18.2. The quantitative estimate of drug-likeness (QED) is 0.0586. The Morgan fingerprint density at radius 3 is 2.11 bits per heavy atom. The number of carboxylic acid groups (broad SMARTS) is 1. The van der Waals surface area contributed by atoms with E-state index in [-0.39, 0.29) is 58.1 Å². The molecule has 3 rings (SSSR count). The summed E-state index contributed by atoms with van der Waals surface area (Å²) in [5.41, 5.74) is 5.40. The van der Waals surface area contributed by atoms with Crippen molar-refractivity contribution in [1.82, 2.24) is 15.4 Å². The van der Waals surface area contributed by atoms with Gasteiger partial charge >= 0.3 is 24.8 Å². The zero-order chi connectivity index (χ0) is 34.0. The molecule has 0 bridgehead atoms. The van der Waals surface area contributed by atoms with Crippen LogP contribution in [0.3, 0.4) is 0 Å². The van der Waals surface area contributed by atoms with Crippen LogP contribution in [0.5, 0.6) is 5.75 Å². The summed E-state index contributed by atoms with van der Waals surface area (Å²) < 4.78 is 40.7. The third kappa shape index (κ3) is 12.7. The van der Waals surface area contributed by atoms with E-state index in [9.17, 15) is 42.5 Å². The van der Waals surface area contributed by atoms with Gasteiger partial charge in [-0.1, -0.05) is 61.7 Å². The number of hydrogen-bond acceptors (Lipinski definition) is 8. The molecule has 0 heterocycles. The van der Waals surface area contributed by atoms with E-state index < -0.39 is 64.6 Å². The maximum absolute atomic E-state index is 14.3. The predicted molar refractivity (Wildman–Crippen MR) is 175 cm³/mol. The molecule has 16 heteroatoms. The summed E-state index contributed by atoms with van der Waals surface area (Å²) in [6, 6.07) is 12.1. The van der Waals surface area contributed by atoms with Gasteiger partial charge in [-0.3, -0.25) is 14.2 Å². The minimum Gasteiger partial charge on any atom is -1.00 e. The molecule has 0 aliphatic heterocycles. The van der Waals surface area contributed by atoms with E-state index in [0.717, 1.165) is 6.26 Å². The Bertz CT molecular complexity index is 1500. The summed E-state index contributed by atoms with van der Waals surface area (Å²) in [4.78, 5) is 51.1. The first-order valence-corrected chi connectivity index (χ1v) is 19.1. The summed E-state index contributed by atoms with van der Waals surface area (Å²) in [6.45, 7) is 0.345. The molecule has 1 aliphatic carbocycles. The average molecular weight is 689 g/mol. The number of amides is 2. The zero-order valence-electron chi connectivity index (χ0n) is 27.9. The largest absolute Gasteiger partial charge is 1.00 e. The molecule has 0 aromatic heterocycles. The second-order valence-corrected chi connectivity index (χ2v) is 16.3. The SMILES string of the molecule is CS(=O)(=O)N[C@@H](CCCCN)C(=O)N[C@@H](Cc1ccccc1)P(=O)(O)CC1(C(=O)N[C@@H](Cc2ccc(O)cc2)C(=O)O)CCCC1.[H-].[Li+].